The lowest BCUT2D eigenvalue weighted by Crippen LogP contribution is -2.38. The topological polar surface area (TPSA) is 30.5 Å². The summed E-state index contributed by atoms with van der Waals surface area (Å²) in [6.07, 6.45) is 0.118. The van der Waals surface area contributed by atoms with Crippen molar-refractivity contribution in [3.63, 3.8) is 0 Å². The van der Waals surface area contributed by atoms with Crippen molar-refractivity contribution in [2.24, 2.45) is 0 Å². The molecular weight excluding hydrogens is 273 g/mol. The fourth-order valence-corrected chi connectivity index (χ4v) is 2.50. The minimum Gasteiger partial charge on any atom is -0.376 e. The highest BCUT2D eigenvalue weighted by Gasteiger charge is 2.16. The highest BCUT2D eigenvalue weighted by atomic mass is 35.5. The molecular formula is C13H17Cl2NO2. The molecule has 100 valence electrons. The number of benzene rings is 1. The van der Waals surface area contributed by atoms with Gasteiger partial charge in [-0.15, -0.1) is 0 Å². The molecule has 1 heterocycles. The van der Waals surface area contributed by atoms with E-state index in [-0.39, 0.29) is 12.1 Å². The minimum atomic E-state index is 0.118. The van der Waals surface area contributed by atoms with Crippen LogP contribution in [0.25, 0.3) is 0 Å². The standard InChI is InChI=1S/C13H17Cl2NO2/c1-9(12-3-2-10(14)6-13(12)15)16-7-11-8-17-4-5-18-11/h2-3,6,9,11,16H,4-5,7-8H2,1H3. The Labute approximate surface area is 117 Å². The van der Waals surface area contributed by atoms with Gasteiger partial charge in [0.15, 0.2) is 0 Å². The quantitative estimate of drug-likeness (QED) is 0.924. The Bertz CT molecular complexity index is 395. The second-order valence-corrected chi connectivity index (χ2v) is 5.21. The first-order valence-electron chi connectivity index (χ1n) is 6.04. The van der Waals surface area contributed by atoms with Crippen LogP contribution in [-0.4, -0.2) is 32.5 Å². The van der Waals surface area contributed by atoms with Crippen molar-refractivity contribution >= 4 is 23.2 Å². The summed E-state index contributed by atoms with van der Waals surface area (Å²) in [6.45, 7) is 4.82. The molecule has 1 aliphatic heterocycles. The molecule has 0 aliphatic carbocycles. The summed E-state index contributed by atoms with van der Waals surface area (Å²) in [6, 6.07) is 5.71. The molecule has 0 radical (unpaired) electrons. The predicted octanol–water partition coefficient (Wildman–Crippen LogP) is 3.06. The van der Waals surface area contributed by atoms with Crippen molar-refractivity contribution in [2.45, 2.75) is 19.1 Å². The lowest BCUT2D eigenvalue weighted by molar-refractivity contribution is -0.0869. The summed E-state index contributed by atoms with van der Waals surface area (Å²) in [5.41, 5.74) is 1.04. The summed E-state index contributed by atoms with van der Waals surface area (Å²) < 4.78 is 10.9. The Balaban J connectivity index is 1.88. The van der Waals surface area contributed by atoms with Crippen LogP contribution in [0, 0.1) is 0 Å². The van der Waals surface area contributed by atoms with E-state index < -0.39 is 0 Å². The van der Waals surface area contributed by atoms with Gasteiger partial charge in [-0.3, -0.25) is 0 Å². The maximum absolute atomic E-state index is 6.17. The second kappa shape index (κ2) is 6.73. The Kier molecular flexibility index (Phi) is 5.27. The molecule has 18 heavy (non-hydrogen) atoms. The molecule has 0 aromatic heterocycles. The average molecular weight is 290 g/mol. The normalized spacial score (nSPS) is 21.8. The summed E-state index contributed by atoms with van der Waals surface area (Å²) >= 11 is 12.0. The van der Waals surface area contributed by atoms with Gasteiger partial charge in [0, 0.05) is 22.6 Å². The highest BCUT2D eigenvalue weighted by Crippen LogP contribution is 2.26. The molecule has 3 nitrogen and oxygen atoms in total. The molecule has 0 spiro atoms. The predicted molar refractivity (Wildman–Crippen MR) is 73.4 cm³/mol. The maximum Gasteiger partial charge on any atom is 0.0933 e. The van der Waals surface area contributed by atoms with Crippen molar-refractivity contribution in [1.29, 1.82) is 0 Å². The minimum absolute atomic E-state index is 0.118. The number of rotatable bonds is 4. The third kappa shape index (κ3) is 3.84. The number of nitrogens with one attached hydrogen (secondary N) is 1. The molecule has 1 fully saturated rings. The van der Waals surface area contributed by atoms with Gasteiger partial charge in [-0.1, -0.05) is 29.3 Å². The average Bonchev–Trinajstić information content (AvgIpc) is 2.37. The summed E-state index contributed by atoms with van der Waals surface area (Å²) in [5.74, 6) is 0. The Morgan fingerprint density at radius 3 is 2.89 bits per heavy atom. The zero-order chi connectivity index (χ0) is 13.0. The van der Waals surface area contributed by atoms with Crippen LogP contribution in [0.5, 0.6) is 0 Å². The van der Waals surface area contributed by atoms with Crippen LogP contribution in [0.1, 0.15) is 18.5 Å². The van der Waals surface area contributed by atoms with Gasteiger partial charge < -0.3 is 14.8 Å². The van der Waals surface area contributed by atoms with Gasteiger partial charge >= 0.3 is 0 Å². The van der Waals surface area contributed by atoms with Crippen LogP contribution in [-0.2, 0) is 9.47 Å². The molecule has 0 bridgehead atoms. The molecule has 1 saturated heterocycles. The first-order chi connectivity index (χ1) is 8.66. The fraction of sp³-hybridized carbons (Fsp3) is 0.538. The van der Waals surface area contributed by atoms with Crippen LogP contribution < -0.4 is 5.32 Å². The van der Waals surface area contributed by atoms with E-state index in [1.165, 1.54) is 0 Å². The van der Waals surface area contributed by atoms with E-state index in [0.717, 1.165) is 12.1 Å². The van der Waals surface area contributed by atoms with Crippen LogP contribution in [0.3, 0.4) is 0 Å². The maximum atomic E-state index is 6.17. The van der Waals surface area contributed by atoms with Crippen molar-refractivity contribution in [1.82, 2.24) is 5.32 Å². The van der Waals surface area contributed by atoms with Gasteiger partial charge in [-0.05, 0) is 24.6 Å². The van der Waals surface area contributed by atoms with Gasteiger partial charge in [0.25, 0.3) is 0 Å². The molecule has 2 atom stereocenters. The number of hydrogen-bond donors (Lipinski definition) is 1. The summed E-state index contributed by atoms with van der Waals surface area (Å²) in [7, 11) is 0. The second-order valence-electron chi connectivity index (χ2n) is 4.36. The molecule has 1 aromatic rings. The van der Waals surface area contributed by atoms with E-state index in [2.05, 4.69) is 12.2 Å². The van der Waals surface area contributed by atoms with E-state index in [1.54, 1.807) is 6.07 Å². The van der Waals surface area contributed by atoms with Crippen LogP contribution in [0.2, 0.25) is 10.0 Å². The van der Waals surface area contributed by atoms with Crippen molar-refractivity contribution in [3.05, 3.63) is 33.8 Å². The first-order valence-corrected chi connectivity index (χ1v) is 6.80. The van der Waals surface area contributed by atoms with Gasteiger partial charge in [-0.2, -0.15) is 0 Å². The fourth-order valence-electron chi connectivity index (χ4n) is 1.93. The van der Waals surface area contributed by atoms with Crippen LogP contribution in [0.4, 0.5) is 0 Å². The first kappa shape index (κ1) is 14.1. The molecule has 1 N–H and O–H groups in total. The third-order valence-electron chi connectivity index (χ3n) is 2.97. The van der Waals surface area contributed by atoms with Crippen LogP contribution in [0.15, 0.2) is 18.2 Å². The third-order valence-corrected chi connectivity index (χ3v) is 3.53. The van der Waals surface area contributed by atoms with Crippen molar-refractivity contribution in [2.75, 3.05) is 26.4 Å². The van der Waals surface area contributed by atoms with Crippen molar-refractivity contribution < 1.29 is 9.47 Å². The van der Waals surface area contributed by atoms with E-state index in [9.17, 15) is 0 Å². The van der Waals surface area contributed by atoms with E-state index in [1.807, 2.05) is 12.1 Å². The van der Waals surface area contributed by atoms with Gasteiger partial charge in [0.2, 0.25) is 0 Å². The zero-order valence-corrected chi connectivity index (χ0v) is 11.8. The van der Waals surface area contributed by atoms with Gasteiger partial charge in [0.1, 0.15) is 0 Å². The van der Waals surface area contributed by atoms with Gasteiger partial charge in [-0.25, -0.2) is 0 Å². The van der Waals surface area contributed by atoms with E-state index >= 15 is 0 Å². The Morgan fingerprint density at radius 1 is 1.39 bits per heavy atom. The smallest absolute Gasteiger partial charge is 0.0933 e. The molecule has 1 aliphatic rings. The molecule has 5 heteroatoms. The largest absolute Gasteiger partial charge is 0.376 e. The lowest BCUT2D eigenvalue weighted by atomic mass is 10.1. The van der Waals surface area contributed by atoms with E-state index in [0.29, 0.717) is 29.9 Å². The van der Waals surface area contributed by atoms with Gasteiger partial charge in [0.05, 0.1) is 25.9 Å². The SMILES string of the molecule is CC(NCC1COCCO1)c1ccc(Cl)cc1Cl. The highest BCUT2D eigenvalue weighted by molar-refractivity contribution is 6.35. The monoisotopic (exact) mass is 289 g/mol. The number of halogens is 2. The molecule has 1 aromatic carbocycles. The summed E-state index contributed by atoms with van der Waals surface area (Å²) in [4.78, 5) is 0. The number of hydrogen-bond acceptors (Lipinski definition) is 3. The summed E-state index contributed by atoms with van der Waals surface area (Å²) in [5, 5.41) is 4.73. The molecule has 0 amide bonds. The lowest BCUT2D eigenvalue weighted by Gasteiger charge is -2.25. The zero-order valence-electron chi connectivity index (χ0n) is 10.3. The Hall–Kier alpha value is -0.320. The van der Waals surface area contributed by atoms with Crippen molar-refractivity contribution in [3.8, 4) is 0 Å². The number of ether oxygens (including phenoxy) is 2. The molecule has 2 rings (SSSR count). The Morgan fingerprint density at radius 2 is 2.22 bits per heavy atom. The molecule has 0 saturated carbocycles. The van der Waals surface area contributed by atoms with Crippen LogP contribution >= 0.6 is 23.2 Å². The van der Waals surface area contributed by atoms with E-state index in [4.69, 9.17) is 32.7 Å². The molecule has 2 unspecified atom stereocenters.